The van der Waals surface area contributed by atoms with Crippen LogP contribution in [0.25, 0.3) is 0 Å². The van der Waals surface area contributed by atoms with Crippen LogP contribution in [0.5, 0.6) is 0 Å². The summed E-state index contributed by atoms with van der Waals surface area (Å²) in [6.45, 7) is 7.88. The molecule has 0 aliphatic rings. The largest absolute Gasteiger partial charge is 0.256 e. The highest BCUT2D eigenvalue weighted by Crippen LogP contribution is 1.94. The van der Waals surface area contributed by atoms with Crippen molar-refractivity contribution in [3.8, 4) is 0 Å². The van der Waals surface area contributed by atoms with Gasteiger partial charge in [-0.2, -0.15) is 0 Å². The lowest BCUT2D eigenvalue weighted by atomic mass is 10.2. The lowest BCUT2D eigenvalue weighted by molar-refractivity contribution is 0.239. The van der Waals surface area contributed by atoms with Gasteiger partial charge in [-0.25, -0.2) is 5.01 Å². The zero-order valence-corrected chi connectivity index (χ0v) is 8.92. The smallest absolute Gasteiger partial charge is 0.0130 e. The molecule has 0 aliphatic carbocycles. The van der Waals surface area contributed by atoms with Crippen molar-refractivity contribution in [2.75, 3.05) is 20.1 Å². The molecular formula is C11H22N2. The number of unbranched alkanes of at least 4 members (excludes halogenated alkanes) is 1. The molecule has 0 unspecified atom stereocenters. The van der Waals surface area contributed by atoms with E-state index in [0.29, 0.717) is 0 Å². The molecule has 2 nitrogen and oxygen atoms in total. The maximum atomic E-state index is 3.66. The Hall–Kier alpha value is -0.600. The van der Waals surface area contributed by atoms with Crippen LogP contribution in [0.4, 0.5) is 0 Å². The van der Waals surface area contributed by atoms with Crippen molar-refractivity contribution in [2.45, 2.75) is 26.2 Å². The average molecular weight is 182 g/mol. The highest BCUT2D eigenvalue weighted by Gasteiger charge is 1.92. The molecule has 2 heteroatoms. The van der Waals surface area contributed by atoms with Gasteiger partial charge in [0.05, 0.1) is 0 Å². The summed E-state index contributed by atoms with van der Waals surface area (Å²) in [5.41, 5.74) is 3.24. The highest BCUT2D eigenvalue weighted by molar-refractivity contribution is 4.88. The zero-order valence-electron chi connectivity index (χ0n) is 8.92. The minimum Gasteiger partial charge on any atom is -0.256 e. The molecule has 0 aromatic carbocycles. The van der Waals surface area contributed by atoms with Gasteiger partial charge >= 0.3 is 0 Å². The zero-order chi connectivity index (χ0) is 9.94. The van der Waals surface area contributed by atoms with E-state index in [9.17, 15) is 0 Å². The lowest BCUT2D eigenvalue weighted by Gasteiger charge is -2.15. The number of nitrogens with one attached hydrogen (secondary N) is 1. The Balaban J connectivity index is 3.19. The number of nitrogens with zero attached hydrogens (tertiary/aromatic N) is 1. The first kappa shape index (κ1) is 12.4. The van der Waals surface area contributed by atoms with E-state index in [1.807, 2.05) is 6.08 Å². The van der Waals surface area contributed by atoms with Gasteiger partial charge in [0.25, 0.3) is 0 Å². The summed E-state index contributed by atoms with van der Waals surface area (Å²) in [5.74, 6) is 0. The van der Waals surface area contributed by atoms with E-state index in [2.05, 4.69) is 43.1 Å². The predicted octanol–water partition coefficient (Wildman–Crippen LogP) is 2.36. The fraction of sp³-hybridized carbons (Fsp3) is 0.636. The molecule has 0 saturated heterocycles. The second-order valence-corrected chi connectivity index (χ2v) is 3.07. The van der Waals surface area contributed by atoms with Crippen LogP contribution < -0.4 is 5.43 Å². The standard InChI is InChI=1S/C11H22N2/c1-4-6-7-8-9-10-11-13(3)12-5-2/h4,7-8,12H,1,5-6,9-11H2,2-3H3/b8-7+. The summed E-state index contributed by atoms with van der Waals surface area (Å²) >= 11 is 0. The van der Waals surface area contributed by atoms with Gasteiger partial charge in [0, 0.05) is 20.1 Å². The third-order valence-electron chi connectivity index (χ3n) is 1.76. The molecule has 0 bridgehead atoms. The van der Waals surface area contributed by atoms with Crippen molar-refractivity contribution in [3.05, 3.63) is 24.8 Å². The minimum absolute atomic E-state index is 0.989. The molecule has 0 rings (SSSR count). The maximum Gasteiger partial charge on any atom is 0.0130 e. The molecule has 0 aliphatic heterocycles. The van der Waals surface area contributed by atoms with Crippen molar-refractivity contribution in [2.24, 2.45) is 0 Å². The van der Waals surface area contributed by atoms with Crippen LogP contribution in [0.3, 0.4) is 0 Å². The highest BCUT2D eigenvalue weighted by atomic mass is 15.5. The van der Waals surface area contributed by atoms with Crippen LogP contribution >= 0.6 is 0 Å². The van der Waals surface area contributed by atoms with Crippen LogP contribution in [0.15, 0.2) is 24.8 Å². The van der Waals surface area contributed by atoms with E-state index < -0.39 is 0 Å². The van der Waals surface area contributed by atoms with Gasteiger partial charge in [-0.1, -0.05) is 25.2 Å². The van der Waals surface area contributed by atoms with Gasteiger partial charge in [0.1, 0.15) is 0 Å². The second kappa shape index (κ2) is 9.49. The van der Waals surface area contributed by atoms with Gasteiger partial charge in [-0.3, -0.25) is 5.43 Å². The monoisotopic (exact) mass is 182 g/mol. The number of hydrogen-bond donors (Lipinski definition) is 1. The van der Waals surface area contributed by atoms with Crippen LogP contribution in [-0.4, -0.2) is 25.1 Å². The Bertz CT molecular complexity index is 141. The van der Waals surface area contributed by atoms with E-state index in [4.69, 9.17) is 0 Å². The third-order valence-corrected chi connectivity index (χ3v) is 1.76. The molecule has 0 aromatic heterocycles. The molecule has 1 N–H and O–H groups in total. The SMILES string of the molecule is C=CC/C=C/CCCN(C)NCC. The van der Waals surface area contributed by atoms with Crippen LogP contribution in [0.1, 0.15) is 26.2 Å². The van der Waals surface area contributed by atoms with Crippen molar-refractivity contribution in [1.82, 2.24) is 10.4 Å². The van der Waals surface area contributed by atoms with Crippen molar-refractivity contribution < 1.29 is 0 Å². The molecule has 13 heavy (non-hydrogen) atoms. The lowest BCUT2D eigenvalue weighted by Crippen LogP contribution is -2.34. The Labute approximate surface area is 82.3 Å². The Morgan fingerprint density at radius 2 is 2.15 bits per heavy atom. The van der Waals surface area contributed by atoms with E-state index >= 15 is 0 Å². The molecule has 0 saturated carbocycles. The number of hydrazine groups is 1. The van der Waals surface area contributed by atoms with E-state index in [1.54, 1.807) is 0 Å². The van der Waals surface area contributed by atoms with Crippen molar-refractivity contribution in [3.63, 3.8) is 0 Å². The van der Waals surface area contributed by atoms with Crippen molar-refractivity contribution >= 4 is 0 Å². The van der Waals surface area contributed by atoms with E-state index in [1.165, 1.54) is 6.42 Å². The summed E-state index contributed by atoms with van der Waals surface area (Å²) in [6.07, 6.45) is 9.66. The number of allylic oxidation sites excluding steroid dienone is 3. The van der Waals surface area contributed by atoms with Gasteiger partial charge in [-0.15, -0.1) is 6.58 Å². The van der Waals surface area contributed by atoms with Gasteiger partial charge in [-0.05, 0) is 19.3 Å². The van der Waals surface area contributed by atoms with E-state index in [-0.39, 0.29) is 0 Å². The Morgan fingerprint density at radius 3 is 2.77 bits per heavy atom. The predicted molar refractivity (Wildman–Crippen MR) is 59.5 cm³/mol. The normalized spacial score (nSPS) is 11.3. The fourth-order valence-electron chi connectivity index (χ4n) is 1.11. The topological polar surface area (TPSA) is 15.3 Å². The quantitative estimate of drug-likeness (QED) is 0.352. The number of hydrogen-bond acceptors (Lipinski definition) is 2. The van der Waals surface area contributed by atoms with Crippen LogP contribution in [0, 0.1) is 0 Å². The average Bonchev–Trinajstić information content (AvgIpc) is 2.11. The van der Waals surface area contributed by atoms with Crippen LogP contribution in [-0.2, 0) is 0 Å². The summed E-state index contributed by atoms with van der Waals surface area (Å²) in [7, 11) is 2.08. The second-order valence-electron chi connectivity index (χ2n) is 3.07. The third kappa shape index (κ3) is 9.31. The summed E-state index contributed by atoms with van der Waals surface area (Å²) in [6, 6.07) is 0. The maximum absolute atomic E-state index is 3.66. The summed E-state index contributed by atoms with van der Waals surface area (Å²) in [5, 5.41) is 2.14. The number of rotatable bonds is 8. The first-order chi connectivity index (χ1) is 6.31. The Kier molecular flexibility index (Phi) is 9.05. The van der Waals surface area contributed by atoms with Gasteiger partial charge in [0.2, 0.25) is 0 Å². The molecule has 0 amide bonds. The molecule has 0 fully saturated rings. The minimum atomic E-state index is 0.989. The molecule has 0 radical (unpaired) electrons. The Morgan fingerprint density at radius 1 is 1.38 bits per heavy atom. The first-order valence-electron chi connectivity index (χ1n) is 5.01. The summed E-state index contributed by atoms with van der Waals surface area (Å²) < 4.78 is 0. The fourth-order valence-corrected chi connectivity index (χ4v) is 1.11. The molecular weight excluding hydrogens is 160 g/mol. The summed E-state index contributed by atoms with van der Waals surface area (Å²) in [4.78, 5) is 0. The molecule has 76 valence electrons. The molecule has 0 atom stereocenters. The molecule has 0 heterocycles. The first-order valence-corrected chi connectivity index (χ1v) is 5.01. The van der Waals surface area contributed by atoms with E-state index in [0.717, 1.165) is 25.9 Å². The molecule has 0 spiro atoms. The molecule has 0 aromatic rings. The van der Waals surface area contributed by atoms with Crippen molar-refractivity contribution in [1.29, 1.82) is 0 Å². The van der Waals surface area contributed by atoms with Gasteiger partial charge < -0.3 is 0 Å². The van der Waals surface area contributed by atoms with Crippen LogP contribution in [0.2, 0.25) is 0 Å². The van der Waals surface area contributed by atoms with Gasteiger partial charge in [0.15, 0.2) is 0 Å².